The molecule has 2 rings (SSSR count). The van der Waals surface area contributed by atoms with Crippen LogP contribution in [0.25, 0.3) is 0 Å². The van der Waals surface area contributed by atoms with Gasteiger partial charge >= 0.3 is 0 Å². The molecule has 5 nitrogen and oxygen atoms in total. The lowest BCUT2D eigenvalue weighted by atomic mass is 10.2. The molecule has 0 radical (unpaired) electrons. The zero-order valence-corrected chi connectivity index (χ0v) is 14.1. The zero-order chi connectivity index (χ0) is 16.3. The number of para-hydroxylation sites is 1. The lowest BCUT2D eigenvalue weighted by Gasteiger charge is -2.11. The quantitative estimate of drug-likeness (QED) is 0.309. The number of hydrogen-bond donors (Lipinski definition) is 3. The highest BCUT2D eigenvalue weighted by Gasteiger charge is 2.04. The lowest BCUT2D eigenvalue weighted by molar-refractivity contribution is 0.959. The fourth-order valence-electron chi connectivity index (χ4n) is 1.84. The summed E-state index contributed by atoms with van der Waals surface area (Å²) >= 11 is 6.69. The highest BCUT2D eigenvalue weighted by Crippen LogP contribution is 2.22. The predicted molar refractivity (Wildman–Crippen MR) is 99.5 cm³/mol. The average molecular weight is 343 g/mol. The van der Waals surface area contributed by atoms with Gasteiger partial charge in [0.05, 0.1) is 0 Å². The molecule has 1 aromatic carbocycles. The summed E-state index contributed by atoms with van der Waals surface area (Å²) in [4.78, 5) is 4.42. The summed E-state index contributed by atoms with van der Waals surface area (Å²) in [6.07, 6.45) is 3.57. The molecule has 2 aromatic rings. The highest BCUT2D eigenvalue weighted by molar-refractivity contribution is 7.98. The number of aromatic nitrogens is 1. The molecule has 0 saturated carbocycles. The molecule has 0 spiro atoms. The third-order valence-electron chi connectivity index (χ3n) is 2.89. The van der Waals surface area contributed by atoms with E-state index in [9.17, 15) is 0 Å². The van der Waals surface area contributed by atoms with Crippen molar-refractivity contribution in [3.05, 3.63) is 54.2 Å². The number of anilines is 2. The molecule has 23 heavy (non-hydrogen) atoms. The summed E-state index contributed by atoms with van der Waals surface area (Å²) in [7, 11) is 0. The van der Waals surface area contributed by atoms with Crippen LogP contribution in [0.15, 0.2) is 48.7 Å². The van der Waals surface area contributed by atoms with E-state index in [4.69, 9.17) is 17.5 Å². The fourth-order valence-corrected chi connectivity index (χ4v) is 2.83. The average Bonchev–Trinajstić information content (AvgIpc) is 2.57. The normalized spacial score (nSPS) is 9.70. The van der Waals surface area contributed by atoms with Crippen LogP contribution in [0.4, 0.5) is 11.5 Å². The Morgan fingerprint density at radius 2 is 2.04 bits per heavy atom. The van der Waals surface area contributed by atoms with E-state index >= 15 is 0 Å². The molecule has 7 heteroatoms. The van der Waals surface area contributed by atoms with Gasteiger partial charge in [0, 0.05) is 35.5 Å². The third-order valence-corrected chi connectivity index (χ3v) is 4.14. The number of rotatable bonds is 7. The first-order valence-electron chi connectivity index (χ1n) is 7.06. The molecule has 0 fully saturated rings. The molecule has 0 saturated heterocycles. The van der Waals surface area contributed by atoms with Gasteiger partial charge in [-0.05, 0) is 30.4 Å². The summed E-state index contributed by atoms with van der Waals surface area (Å²) in [6.45, 7) is 0.708. The van der Waals surface area contributed by atoms with E-state index in [1.165, 1.54) is 0 Å². The van der Waals surface area contributed by atoms with Crippen LogP contribution in [0.5, 0.6) is 0 Å². The van der Waals surface area contributed by atoms with E-state index in [0.717, 1.165) is 28.6 Å². The van der Waals surface area contributed by atoms with Crippen molar-refractivity contribution in [2.24, 2.45) is 0 Å². The van der Waals surface area contributed by atoms with E-state index in [0.29, 0.717) is 11.7 Å². The monoisotopic (exact) mass is 343 g/mol. The Morgan fingerprint density at radius 3 is 2.83 bits per heavy atom. The van der Waals surface area contributed by atoms with Crippen molar-refractivity contribution in [2.75, 3.05) is 17.6 Å². The fraction of sp³-hybridized carbons (Fsp3) is 0.188. The number of thiocarbonyl (C=S) groups is 1. The zero-order valence-electron chi connectivity index (χ0n) is 12.5. The maximum atomic E-state index is 8.43. The van der Waals surface area contributed by atoms with Crippen LogP contribution in [-0.2, 0) is 5.75 Å². The van der Waals surface area contributed by atoms with Gasteiger partial charge < -0.3 is 10.6 Å². The molecule has 0 amide bonds. The summed E-state index contributed by atoms with van der Waals surface area (Å²) < 4.78 is 0. The van der Waals surface area contributed by atoms with Gasteiger partial charge in [0.2, 0.25) is 0 Å². The summed E-state index contributed by atoms with van der Waals surface area (Å²) in [5, 5.41) is 17.5. The van der Waals surface area contributed by atoms with Crippen molar-refractivity contribution < 1.29 is 0 Å². The van der Waals surface area contributed by atoms with Crippen molar-refractivity contribution in [3.8, 4) is 6.19 Å². The van der Waals surface area contributed by atoms with Crippen molar-refractivity contribution >= 4 is 40.6 Å². The Bertz CT molecular complexity index is 670. The van der Waals surface area contributed by atoms with Gasteiger partial charge in [0.15, 0.2) is 11.3 Å². The number of nitrogens with zero attached hydrogens (tertiary/aromatic N) is 2. The Hall–Kier alpha value is -2.30. The van der Waals surface area contributed by atoms with Crippen LogP contribution in [0, 0.1) is 11.5 Å². The summed E-state index contributed by atoms with van der Waals surface area (Å²) in [5.74, 6) is 2.61. The van der Waals surface area contributed by atoms with Crippen molar-refractivity contribution in [1.29, 1.82) is 5.26 Å². The second kappa shape index (κ2) is 9.66. The first-order chi connectivity index (χ1) is 11.3. The van der Waals surface area contributed by atoms with E-state index in [2.05, 4.69) is 27.0 Å². The molecular formula is C16H17N5S2. The smallest absolute Gasteiger partial charge is 0.183 e. The second-order valence-electron chi connectivity index (χ2n) is 4.55. The van der Waals surface area contributed by atoms with Crippen LogP contribution in [0.3, 0.4) is 0 Å². The molecule has 0 aliphatic rings. The second-order valence-corrected chi connectivity index (χ2v) is 6.06. The minimum Gasteiger partial charge on any atom is -0.361 e. The van der Waals surface area contributed by atoms with Gasteiger partial charge in [0.25, 0.3) is 0 Å². The maximum absolute atomic E-state index is 8.43. The molecule has 0 atom stereocenters. The minimum absolute atomic E-state index is 0.362. The van der Waals surface area contributed by atoms with Crippen LogP contribution in [0.1, 0.15) is 5.56 Å². The Morgan fingerprint density at radius 1 is 1.22 bits per heavy atom. The van der Waals surface area contributed by atoms with E-state index < -0.39 is 0 Å². The molecule has 0 aliphatic carbocycles. The van der Waals surface area contributed by atoms with E-state index in [1.54, 1.807) is 24.2 Å². The number of hydrogen-bond acceptors (Lipinski definition) is 5. The Kier molecular flexibility index (Phi) is 7.17. The SMILES string of the molecule is N#CNC(=S)NCCSCc1cccnc1Nc1ccccc1. The van der Waals surface area contributed by atoms with Crippen molar-refractivity contribution in [1.82, 2.24) is 15.6 Å². The Balaban J connectivity index is 1.81. The Labute approximate surface area is 145 Å². The van der Waals surface area contributed by atoms with Crippen molar-refractivity contribution in [2.45, 2.75) is 5.75 Å². The molecular weight excluding hydrogens is 326 g/mol. The van der Waals surface area contributed by atoms with Gasteiger partial charge in [-0.3, -0.25) is 5.32 Å². The maximum Gasteiger partial charge on any atom is 0.183 e. The predicted octanol–water partition coefficient (Wildman–Crippen LogP) is 3.00. The minimum atomic E-state index is 0.362. The molecule has 1 aromatic heterocycles. The largest absolute Gasteiger partial charge is 0.361 e. The highest BCUT2D eigenvalue weighted by atomic mass is 32.2. The van der Waals surface area contributed by atoms with Crippen LogP contribution < -0.4 is 16.0 Å². The summed E-state index contributed by atoms with van der Waals surface area (Å²) in [5.41, 5.74) is 2.17. The van der Waals surface area contributed by atoms with Gasteiger partial charge in [-0.15, -0.1) is 0 Å². The van der Waals surface area contributed by atoms with E-state index in [-0.39, 0.29) is 0 Å². The first kappa shape index (κ1) is 17.1. The number of thioether (sulfide) groups is 1. The van der Waals surface area contributed by atoms with Crippen LogP contribution in [-0.4, -0.2) is 22.4 Å². The van der Waals surface area contributed by atoms with Crippen molar-refractivity contribution in [3.63, 3.8) is 0 Å². The molecule has 0 bridgehead atoms. The molecule has 3 N–H and O–H groups in total. The summed E-state index contributed by atoms with van der Waals surface area (Å²) in [6, 6.07) is 14.0. The first-order valence-corrected chi connectivity index (χ1v) is 8.62. The molecule has 118 valence electrons. The third kappa shape index (κ3) is 6.14. The van der Waals surface area contributed by atoms with Crippen LogP contribution >= 0.6 is 24.0 Å². The van der Waals surface area contributed by atoms with Gasteiger partial charge in [-0.2, -0.15) is 17.0 Å². The number of benzene rings is 1. The molecule has 0 unspecified atom stereocenters. The van der Waals surface area contributed by atoms with Gasteiger partial charge in [-0.25, -0.2) is 4.98 Å². The van der Waals surface area contributed by atoms with Crippen LogP contribution in [0.2, 0.25) is 0 Å². The lowest BCUT2D eigenvalue weighted by Crippen LogP contribution is -2.33. The number of nitrogens with one attached hydrogen (secondary N) is 3. The standard InChI is InChI=1S/C16H17N5S2/c17-12-20-16(22)19-9-10-23-11-13-5-4-8-18-15(13)21-14-6-2-1-3-7-14/h1-8H,9-11H2,(H,18,21)(H2,19,20,22). The molecule has 1 heterocycles. The van der Waals surface area contributed by atoms with E-state index in [1.807, 2.05) is 36.4 Å². The molecule has 0 aliphatic heterocycles. The van der Waals surface area contributed by atoms with Gasteiger partial charge in [0.1, 0.15) is 5.82 Å². The van der Waals surface area contributed by atoms with Gasteiger partial charge in [-0.1, -0.05) is 24.3 Å². The number of nitriles is 1. The topological polar surface area (TPSA) is 72.8 Å². The number of pyridine rings is 1.